The fourth-order valence-electron chi connectivity index (χ4n) is 4.26. The van der Waals surface area contributed by atoms with Gasteiger partial charge in [0.1, 0.15) is 0 Å². The van der Waals surface area contributed by atoms with Gasteiger partial charge in [0.05, 0.1) is 6.20 Å². The highest BCUT2D eigenvalue weighted by Gasteiger charge is 2.34. The normalized spacial score (nSPS) is 25.1. The maximum atomic E-state index is 4.41. The van der Waals surface area contributed by atoms with E-state index in [9.17, 15) is 0 Å². The van der Waals surface area contributed by atoms with E-state index in [-0.39, 0.29) is 0 Å². The van der Waals surface area contributed by atoms with E-state index >= 15 is 0 Å². The van der Waals surface area contributed by atoms with Crippen molar-refractivity contribution < 1.29 is 0 Å². The minimum Gasteiger partial charge on any atom is -0.297 e. The Kier molecular flexibility index (Phi) is 4.37. The molecule has 5 heteroatoms. The van der Waals surface area contributed by atoms with Crippen LogP contribution in [0.1, 0.15) is 29.7 Å². The number of hydrogen-bond donors (Lipinski definition) is 0. The third kappa shape index (κ3) is 3.23. The molecule has 128 valence electrons. The van der Waals surface area contributed by atoms with Crippen LogP contribution in [0.5, 0.6) is 0 Å². The molecular formula is C19H27N5. The van der Waals surface area contributed by atoms with Gasteiger partial charge in [0, 0.05) is 69.5 Å². The first-order valence-electron chi connectivity index (χ1n) is 9.02. The van der Waals surface area contributed by atoms with Crippen molar-refractivity contribution in [1.29, 1.82) is 0 Å². The van der Waals surface area contributed by atoms with Gasteiger partial charge in [-0.25, -0.2) is 0 Å². The first kappa shape index (κ1) is 15.8. The van der Waals surface area contributed by atoms with Crippen LogP contribution in [0.2, 0.25) is 0 Å². The van der Waals surface area contributed by atoms with E-state index in [1.807, 2.05) is 30.3 Å². The zero-order chi connectivity index (χ0) is 16.5. The number of pyridine rings is 1. The van der Waals surface area contributed by atoms with Gasteiger partial charge in [-0.1, -0.05) is 0 Å². The number of nitrogens with zero attached hydrogens (tertiary/aromatic N) is 5. The van der Waals surface area contributed by atoms with Crippen LogP contribution in [0.4, 0.5) is 0 Å². The van der Waals surface area contributed by atoms with E-state index < -0.39 is 0 Å². The molecule has 0 amide bonds. The third-order valence-electron chi connectivity index (χ3n) is 5.77. The Labute approximate surface area is 144 Å². The molecule has 2 aromatic heterocycles. The molecule has 0 radical (unpaired) electrons. The monoisotopic (exact) mass is 325 g/mol. The summed E-state index contributed by atoms with van der Waals surface area (Å²) < 4.78 is 1.99. The Morgan fingerprint density at radius 2 is 1.92 bits per heavy atom. The van der Waals surface area contributed by atoms with E-state index in [0.717, 1.165) is 19.0 Å². The van der Waals surface area contributed by atoms with Gasteiger partial charge in [0.15, 0.2) is 0 Å². The van der Waals surface area contributed by atoms with Gasteiger partial charge in [-0.05, 0) is 43.4 Å². The lowest BCUT2D eigenvalue weighted by Crippen LogP contribution is -2.43. The number of rotatable bonds is 4. The Morgan fingerprint density at radius 3 is 2.67 bits per heavy atom. The molecule has 0 unspecified atom stereocenters. The van der Waals surface area contributed by atoms with Gasteiger partial charge in [-0.2, -0.15) is 5.10 Å². The summed E-state index contributed by atoms with van der Waals surface area (Å²) in [7, 11) is 2.03. The molecule has 0 aromatic carbocycles. The van der Waals surface area contributed by atoms with Crippen LogP contribution in [0.25, 0.3) is 0 Å². The second kappa shape index (κ2) is 6.65. The Bertz CT molecular complexity index is 680. The molecule has 0 saturated carbocycles. The highest BCUT2D eigenvalue weighted by Crippen LogP contribution is 2.30. The summed E-state index contributed by atoms with van der Waals surface area (Å²) in [4.78, 5) is 9.48. The smallest absolute Gasteiger partial charge is 0.0537 e. The molecule has 24 heavy (non-hydrogen) atoms. The third-order valence-corrected chi connectivity index (χ3v) is 5.77. The molecule has 2 aromatic rings. The topological polar surface area (TPSA) is 37.2 Å². The average molecular weight is 325 g/mol. The predicted octanol–water partition coefficient (Wildman–Crippen LogP) is 2.22. The van der Waals surface area contributed by atoms with Gasteiger partial charge >= 0.3 is 0 Å². The van der Waals surface area contributed by atoms with E-state index in [4.69, 9.17) is 0 Å². The van der Waals surface area contributed by atoms with Crippen molar-refractivity contribution in [2.24, 2.45) is 13.0 Å². The molecule has 5 nitrogen and oxygen atoms in total. The van der Waals surface area contributed by atoms with Gasteiger partial charge < -0.3 is 0 Å². The zero-order valence-electron chi connectivity index (χ0n) is 14.7. The lowest BCUT2D eigenvalue weighted by Gasteiger charge is -2.36. The molecule has 5 heterocycles. The quantitative estimate of drug-likeness (QED) is 0.864. The highest BCUT2D eigenvalue weighted by atomic mass is 15.3. The van der Waals surface area contributed by atoms with Crippen LogP contribution in [-0.4, -0.2) is 50.2 Å². The Hall–Kier alpha value is -1.72. The molecular weight excluding hydrogens is 298 g/mol. The van der Waals surface area contributed by atoms with Crippen LogP contribution < -0.4 is 0 Å². The van der Waals surface area contributed by atoms with Gasteiger partial charge in [-0.3, -0.25) is 19.5 Å². The van der Waals surface area contributed by atoms with Gasteiger partial charge in [0.25, 0.3) is 0 Å². The molecule has 5 rings (SSSR count). The molecule has 2 atom stereocenters. The number of aromatic nitrogens is 3. The summed E-state index contributed by atoms with van der Waals surface area (Å²) in [5, 5.41) is 4.41. The lowest BCUT2D eigenvalue weighted by molar-refractivity contribution is 0.123. The molecule has 0 spiro atoms. The summed E-state index contributed by atoms with van der Waals surface area (Å²) >= 11 is 0. The number of piperidine rings is 1. The van der Waals surface area contributed by atoms with Crippen LogP contribution in [0.3, 0.4) is 0 Å². The largest absolute Gasteiger partial charge is 0.297 e. The van der Waals surface area contributed by atoms with Crippen molar-refractivity contribution >= 4 is 0 Å². The molecule has 3 fully saturated rings. The number of hydrogen-bond acceptors (Lipinski definition) is 4. The van der Waals surface area contributed by atoms with Crippen LogP contribution in [0, 0.1) is 12.8 Å². The Morgan fingerprint density at radius 1 is 1.08 bits per heavy atom. The number of aryl methyl sites for hydroxylation is 1. The van der Waals surface area contributed by atoms with Gasteiger partial charge in [0.2, 0.25) is 0 Å². The van der Waals surface area contributed by atoms with Crippen LogP contribution >= 0.6 is 0 Å². The first-order valence-corrected chi connectivity index (χ1v) is 9.02. The minimum atomic E-state index is 0.671. The maximum Gasteiger partial charge on any atom is 0.0537 e. The summed E-state index contributed by atoms with van der Waals surface area (Å²) in [6, 6.07) is 4.96. The molecule has 2 bridgehead atoms. The molecule has 0 N–H and O–H groups in total. The second-order valence-electron chi connectivity index (χ2n) is 7.46. The van der Waals surface area contributed by atoms with Crippen LogP contribution in [0.15, 0.2) is 30.7 Å². The van der Waals surface area contributed by atoms with Crippen molar-refractivity contribution in [3.63, 3.8) is 0 Å². The van der Waals surface area contributed by atoms with Crippen molar-refractivity contribution in [3.8, 4) is 0 Å². The summed E-state index contributed by atoms with van der Waals surface area (Å²) in [6.45, 7) is 7.90. The minimum absolute atomic E-state index is 0.671. The zero-order valence-corrected chi connectivity index (χ0v) is 14.7. The first-order chi connectivity index (χ1) is 11.7. The predicted molar refractivity (Wildman–Crippen MR) is 94.4 cm³/mol. The van der Waals surface area contributed by atoms with Crippen molar-refractivity contribution in [2.45, 2.75) is 38.9 Å². The summed E-state index contributed by atoms with van der Waals surface area (Å²) in [5.74, 6) is 0.794. The highest BCUT2D eigenvalue weighted by molar-refractivity contribution is 5.16. The molecule has 3 aliphatic heterocycles. The van der Waals surface area contributed by atoms with E-state index in [1.54, 1.807) is 0 Å². The van der Waals surface area contributed by atoms with Crippen molar-refractivity contribution in [2.75, 3.05) is 19.6 Å². The summed E-state index contributed by atoms with van der Waals surface area (Å²) in [6.07, 6.45) is 8.55. The SMILES string of the molecule is Cc1c(CN2C[C@H]3CC[C@@H]2CN(Cc2ccncc2)C3)cnn1C. The fraction of sp³-hybridized carbons (Fsp3) is 0.579. The van der Waals surface area contributed by atoms with E-state index in [2.05, 4.69) is 38.9 Å². The summed E-state index contributed by atoms with van der Waals surface area (Å²) in [5.41, 5.74) is 4.05. The Balaban J connectivity index is 1.45. The standard InChI is InChI=1S/C19H27N5/c1-15-18(9-21-22(15)2)13-24-12-17-3-4-19(24)14-23(11-17)10-16-5-7-20-8-6-16/h5-9,17,19H,3-4,10-14H2,1-2H3/t17-,19+/m0/s1. The van der Waals surface area contributed by atoms with E-state index in [1.165, 1.54) is 49.3 Å². The molecule has 3 saturated heterocycles. The number of fused-ring (bicyclic) bond motifs is 4. The van der Waals surface area contributed by atoms with Crippen LogP contribution in [-0.2, 0) is 20.1 Å². The van der Waals surface area contributed by atoms with Crippen molar-refractivity contribution in [1.82, 2.24) is 24.6 Å². The van der Waals surface area contributed by atoms with Gasteiger partial charge in [-0.15, -0.1) is 0 Å². The lowest BCUT2D eigenvalue weighted by atomic mass is 9.94. The molecule has 0 aliphatic carbocycles. The van der Waals surface area contributed by atoms with Crippen molar-refractivity contribution in [3.05, 3.63) is 47.5 Å². The second-order valence-corrected chi connectivity index (χ2v) is 7.46. The maximum absolute atomic E-state index is 4.41. The average Bonchev–Trinajstić information content (AvgIpc) is 2.77. The van der Waals surface area contributed by atoms with E-state index in [0.29, 0.717) is 6.04 Å². The fourth-order valence-corrected chi connectivity index (χ4v) is 4.26. The molecule has 3 aliphatic rings.